The molecule has 160 valence electrons. The van der Waals surface area contributed by atoms with E-state index < -0.39 is 21.8 Å². The maximum Gasteiger partial charge on any atom is 0.309 e. The van der Waals surface area contributed by atoms with Gasteiger partial charge >= 0.3 is 11.8 Å². The molecule has 0 saturated carbocycles. The molecule has 1 aliphatic heterocycles. The Morgan fingerprint density at radius 2 is 1.50 bits per heavy atom. The number of nitrogens with zero attached hydrogens (tertiary/aromatic N) is 1. The Bertz CT molecular complexity index is 956. The number of amides is 2. The minimum absolute atomic E-state index is 0.234. The molecular formula is C21H25N3O5S. The van der Waals surface area contributed by atoms with Gasteiger partial charge in [-0.25, -0.2) is 8.42 Å². The van der Waals surface area contributed by atoms with E-state index in [1.165, 1.54) is 4.31 Å². The van der Waals surface area contributed by atoms with Crippen LogP contribution in [0.25, 0.3) is 0 Å². The predicted molar refractivity (Wildman–Crippen MR) is 111 cm³/mol. The van der Waals surface area contributed by atoms with E-state index in [0.717, 1.165) is 11.1 Å². The van der Waals surface area contributed by atoms with Crippen LogP contribution in [0.3, 0.4) is 0 Å². The molecule has 0 atom stereocenters. The van der Waals surface area contributed by atoms with Crippen LogP contribution in [0, 0.1) is 0 Å². The van der Waals surface area contributed by atoms with Gasteiger partial charge in [0.05, 0.1) is 18.1 Å². The number of hydrogen-bond acceptors (Lipinski definition) is 5. The lowest BCUT2D eigenvalue weighted by Crippen LogP contribution is -2.40. The lowest BCUT2D eigenvalue weighted by Gasteiger charge is -2.26. The molecule has 2 aromatic carbocycles. The van der Waals surface area contributed by atoms with E-state index >= 15 is 0 Å². The van der Waals surface area contributed by atoms with Gasteiger partial charge in [0.2, 0.25) is 10.0 Å². The molecule has 1 saturated heterocycles. The van der Waals surface area contributed by atoms with Crippen molar-refractivity contribution in [2.75, 3.05) is 32.8 Å². The van der Waals surface area contributed by atoms with Crippen LogP contribution in [0.5, 0.6) is 0 Å². The largest absolute Gasteiger partial charge is 0.379 e. The second-order valence-corrected chi connectivity index (χ2v) is 8.77. The molecule has 9 heteroatoms. The number of carbonyl (C=O) groups excluding carboxylic acids is 2. The van der Waals surface area contributed by atoms with Crippen molar-refractivity contribution in [2.24, 2.45) is 0 Å². The molecule has 0 spiro atoms. The average Bonchev–Trinajstić information content (AvgIpc) is 2.79. The standard InChI is InChI=1S/C21H25N3O5S/c25-20(21(26)23-16-18-4-2-1-3-5-18)22-11-10-17-6-8-19(9-7-17)30(27,28)24-12-14-29-15-13-24/h1-9H,10-16H2,(H,22,25)(H,23,26). The third-order valence-corrected chi connectivity index (χ3v) is 6.65. The van der Waals surface area contributed by atoms with Gasteiger partial charge in [0.25, 0.3) is 0 Å². The Labute approximate surface area is 176 Å². The van der Waals surface area contributed by atoms with Crippen molar-refractivity contribution in [3.8, 4) is 0 Å². The highest BCUT2D eigenvalue weighted by Gasteiger charge is 2.26. The van der Waals surface area contributed by atoms with Crippen molar-refractivity contribution in [1.29, 1.82) is 0 Å². The summed E-state index contributed by atoms with van der Waals surface area (Å²) in [5, 5.41) is 5.14. The molecule has 2 aromatic rings. The Morgan fingerprint density at radius 3 is 2.17 bits per heavy atom. The summed E-state index contributed by atoms with van der Waals surface area (Å²) in [6.07, 6.45) is 0.482. The highest BCUT2D eigenvalue weighted by Crippen LogP contribution is 2.17. The summed E-state index contributed by atoms with van der Waals surface area (Å²) >= 11 is 0. The number of ether oxygens (including phenoxy) is 1. The van der Waals surface area contributed by atoms with Gasteiger partial charge in [-0.15, -0.1) is 0 Å². The normalized spacial score (nSPS) is 14.8. The summed E-state index contributed by atoms with van der Waals surface area (Å²) < 4.78 is 31.8. The van der Waals surface area contributed by atoms with E-state index in [1.807, 2.05) is 30.3 Å². The SMILES string of the molecule is O=C(NCCc1ccc(S(=O)(=O)N2CCOCC2)cc1)C(=O)NCc1ccccc1. The first-order valence-corrected chi connectivity index (χ1v) is 11.2. The van der Waals surface area contributed by atoms with Crippen molar-refractivity contribution in [3.63, 3.8) is 0 Å². The molecule has 0 bridgehead atoms. The fourth-order valence-corrected chi connectivity index (χ4v) is 4.43. The van der Waals surface area contributed by atoms with E-state index in [0.29, 0.717) is 32.7 Å². The monoisotopic (exact) mass is 431 g/mol. The summed E-state index contributed by atoms with van der Waals surface area (Å²) in [5.41, 5.74) is 1.77. The van der Waals surface area contributed by atoms with Gasteiger partial charge < -0.3 is 15.4 Å². The van der Waals surface area contributed by atoms with Gasteiger partial charge in [0.15, 0.2) is 0 Å². The molecule has 2 N–H and O–H groups in total. The molecular weight excluding hydrogens is 406 g/mol. The van der Waals surface area contributed by atoms with E-state index in [-0.39, 0.29) is 18.0 Å². The first-order valence-electron chi connectivity index (χ1n) is 9.73. The van der Waals surface area contributed by atoms with E-state index in [2.05, 4.69) is 10.6 Å². The molecule has 1 heterocycles. The minimum atomic E-state index is -3.52. The number of rotatable bonds is 7. The molecule has 0 aromatic heterocycles. The van der Waals surface area contributed by atoms with Crippen LogP contribution >= 0.6 is 0 Å². The topological polar surface area (TPSA) is 105 Å². The summed E-state index contributed by atoms with van der Waals surface area (Å²) in [5.74, 6) is -1.39. The maximum absolute atomic E-state index is 12.6. The smallest absolute Gasteiger partial charge is 0.309 e. The van der Waals surface area contributed by atoms with Crippen molar-refractivity contribution in [2.45, 2.75) is 17.9 Å². The summed E-state index contributed by atoms with van der Waals surface area (Å²) in [6, 6.07) is 15.9. The number of nitrogens with one attached hydrogen (secondary N) is 2. The lowest BCUT2D eigenvalue weighted by atomic mass is 10.1. The molecule has 30 heavy (non-hydrogen) atoms. The fraction of sp³-hybridized carbons (Fsp3) is 0.333. The summed E-state index contributed by atoms with van der Waals surface area (Å²) in [6.45, 7) is 2.05. The minimum Gasteiger partial charge on any atom is -0.379 e. The van der Waals surface area contributed by atoms with Crippen LogP contribution in [-0.2, 0) is 37.3 Å². The Balaban J connectivity index is 1.44. The average molecular weight is 432 g/mol. The number of carbonyl (C=O) groups is 2. The molecule has 0 aliphatic carbocycles. The van der Waals surface area contributed by atoms with Gasteiger partial charge in [0, 0.05) is 26.2 Å². The van der Waals surface area contributed by atoms with Crippen molar-refractivity contribution < 1.29 is 22.7 Å². The second kappa shape index (κ2) is 10.3. The van der Waals surface area contributed by atoms with Crippen molar-refractivity contribution in [3.05, 3.63) is 65.7 Å². The molecule has 8 nitrogen and oxygen atoms in total. The van der Waals surface area contributed by atoms with Crippen LogP contribution in [0.2, 0.25) is 0 Å². The third-order valence-electron chi connectivity index (χ3n) is 4.73. The highest BCUT2D eigenvalue weighted by atomic mass is 32.2. The van der Waals surface area contributed by atoms with Gasteiger partial charge in [-0.3, -0.25) is 9.59 Å². The third kappa shape index (κ3) is 5.88. The van der Waals surface area contributed by atoms with Crippen LogP contribution in [0.4, 0.5) is 0 Å². The van der Waals surface area contributed by atoms with Crippen LogP contribution in [0.1, 0.15) is 11.1 Å². The van der Waals surface area contributed by atoms with E-state index in [9.17, 15) is 18.0 Å². The maximum atomic E-state index is 12.6. The zero-order chi connectivity index (χ0) is 21.4. The summed E-state index contributed by atoms with van der Waals surface area (Å²) in [4.78, 5) is 24.0. The zero-order valence-electron chi connectivity index (χ0n) is 16.5. The summed E-state index contributed by atoms with van der Waals surface area (Å²) in [7, 11) is -3.52. The second-order valence-electron chi connectivity index (χ2n) is 6.83. The quantitative estimate of drug-likeness (QED) is 0.628. The fourth-order valence-electron chi connectivity index (χ4n) is 3.02. The zero-order valence-corrected chi connectivity index (χ0v) is 17.4. The first-order chi connectivity index (χ1) is 14.5. The van der Waals surface area contributed by atoms with Gasteiger partial charge in [-0.05, 0) is 29.7 Å². The molecule has 1 fully saturated rings. The van der Waals surface area contributed by atoms with Crippen molar-refractivity contribution >= 4 is 21.8 Å². The number of sulfonamides is 1. The van der Waals surface area contributed by atoms with Crippen LogP contribution in [0.15, 0.2) is 59.5 Å². The Morgan fingerprint density at radius 1 is 0.867 bits per heavy atom. The van der Waals surface area contributed by atoms with Crippen molar-refractivity contribution in [1.82, 2.24) is 14.9 Å². The van der Waals surface area contributed by atoms with Gasteiger partial charge in [-0.1, -0.05) is 42.5 Å². The molecule has 0 radical (unpaired) electrons. The van der Waals surface area contributed by atoms with Gasteiger partial charge in [-0.2, -0.15) is 4.31 Å². The molecule has 0 unspecified atom stereocenters. The number of morpholine rings is 1. The number of hydrogen-bond donors (Lipinski definition) is 2. The Kier molecular flexibility index (Phi) is 7.56. The van der Waals surface area contributed by atoms with Crippen LogP contribution < -0.4 is 10.6 Å². The lowest BCUT2D eigenvalue weighted by molar-refractivity contribution is -0.139. The molecule has 3 rings (SSSR count). The van der Waals surface area contributed by atoms with E-state index in [4.69, 9.17) is 4.74 Å². The predicted octanol–water partition coefficient (Wildman–Crippen LogP) is 0.683. The number of benzene rings is 2. The molecule has 2 amide bonds. The van der Waals surface area contributed by atoms with E-state index in [1.54, 1.807) is 24.3 Å². The molecule has 1 aliphatic rings. The van der Waals surface area contributed by atoms with Gasteiger partial charge in [0.1, 0.15) is 0 Å². The first kappa shape index (κ1) is 21.9. The highest BCUT2D eigenvalue weighted by molar-refractivity contribution is 7.89. The van der Waals surface area contributed by atoms with Crippen LogP contribution in [-0.4, -0.2) is 57.4 Å². The Hall–Kier alpha value is -2.75.